The summed E-state index contributed by atoms with van der Waals surface area (Å²) in [4.78, 5) is 12.1. The van der Waals surface area contributed by atoms with E-state index < -0.39 is 5.91 Å². The van der Waals surface area contributed by atoms with Gasteiger partial charge in [-0.2, -0.15) is 10.4 Å². The van der Waals surface area contributed by atoms with E-state index in [9.17, 15) is 4.79 Å². The Bertz CT molecular complexity index is 695. The van der Waals surface area contributed by atoms with Crippen LogP contribution in [0.25, 0.3) is 6.08 Å². The molecule has 0 bridgehead atoms. The van der Waals surface area contributed by atoms with Gasteiger partial charge < -0.3 is 5.32 Å². The molecule has 1 aromatic heterocycles. The lowest BCUT2D eigenvalue weighted by Gasteiger charge is -2.13. The number of nitrogens with zero attached hydrogens (tertiary/aromatic N) is 3. The molecule has 5 heteroatoms. The molecule has 1 unspecified atom stereocenters. The van der Waals surface area contributed by atoms with E-state index in [4.69, 9.17) is 5.26 Å². The highest BCUT2D eigenvalue weighted by atomic mass is 16.1. The molecule has 1 N–H and O–H groups in total. The van der Waals surface area contributed by atoms with Gasteiger partial charge in [0.1, 0.15) is 11.6 Å². The van der Waals surface area contributed by atoms with Crippen LogP contribution in [0.4, 0.5) is 0 Å². The van der Waals surface area contributed by atoms with E-state index in [1.807, 2.05) is 43.3 Å². The fraction of sp³-hybridized carbons (Fsp3) is 0.188. The largest absolute Gasteiger partial charge is 0.345 e. The summed E-state index contributed by atoms with van der Waals surface area (Å²) >= 11 is 0. The molecule has 0 aliphatic heterocycles. The van der Waals surface area contributed by atoms with Crippen molar-refractivity contribution in [1.29, 1.82) is 5.26 Å². The monoisotopic (exact) mass is 280 g/mol. The molecule has 21 heavy (non-hydrogen) atoms. The Hall–Kier alpha value is -2.87. The van der Waals surface area contributed by atoms with Gasteiger partial charge in [0.25, 0.3) is 5.91 Å². The van der Waals surface area contributed by atoms with Gasteiger partial charge in [-0.25, -0.2) is 0 Å². The van der Waals surface area contributed by atoms with Crippen molar-refractivity contribution in [3.05, 3.63) is 59.4 Å². The van der Waals surface area contributed by atoms with E-state index in [2.05, 4.69) is 10.4 Å². The second-order valence-electron chi connectivity index (χ2n) is 4.72. The van der Waals surface area contributed by atoms with Gasteiger partial charge in [0.15, 0.2) is 0 Å². The Morgan fingerprint density at radius 3 is 2.71 bits per heavy atom. The van der Waals surface area contributed by atoms with E-state index in [-0.39, 0.29) is 11.6 Å². The molecule has 0 fully saturated rings. The molecule has 1 atom stereocenters. The molecule has 0 radical (unpaired) electrons. The second-order valence-corrected chi connectivity index (χ2v) is 4.72. The average Bonchev–Trinajstić information content (AvgIpc) is 2.90. The van der Waals surface area contributed by atoms with Crippen LogP contribution in [0.15, 0.2) is 48.3 Å². The predicted octanol–water partition coefficient (Wildman–Crippen LogP) is 2.20. The number of carbonyl (C=O) groups is 1. The second kappa shape index (κ2) is 6.53. The van der Waals surface area contributed by atoms with Crippen molar-refractivity contribution < 1.29 is 4.79 Å². The molecule has 0 spiro atoms. The Balaban J connectivity index is 2.11. The summed E-state index contributed by atoms with van der Waals surface area (Å²) in [6.45, 7) is 1.88. The minimum Gasteiger partial charge on any atom is -0.345 e. The van der Waals surface area contributed by atoms with Crippen LogP contribution < -0.4 is 5.32 Å². The van der Waals surface area contributed by atoms with Gasteiger partial charge in [-0.3, -0.25) is 9.48 Å². The first kappa shape index (κ1) is 14.5. The lowest BCUT2D eigenvalue weighted by Crippen LogP contribution is -2.27. The number of amides is 1. The first-order valence-electron chi connectivity index (χ1n) is 6.56. The molecule has 0 aliphatic rings. The minimum absolute atomic E-state index is 0.0609. The highest BCUT2D eigenvalue weighted by Gasteiger charge is 2.13. The van der Waals surface area contributed by atoms with Crippen molar-refractivity contribution in [2.24, 2.45) is 7.05 Å². The number of hydrogen-bond donors (Lipinski definition) is 1. The number of nitriles is 1. The Kier molecular flexibility index (Phi) is 4.52. The standard InChI is InChI=1S/C16H16N4O/c1-12(14-6-4-3-5-7-14)19-16(21)15(9-17)8-13-10-18-20(2)11-13/h3-8,10-12H,1-2H3,(H,19,21). The van der Waals surface area contributed by atoms with Crippen LogP contribution in [0.2, 0.25) is 0 Å². The summed E-state index contributed by atoms with van der Waals surface area (Å²) in [6, 6.07) is 11.4. The lowest BCUT2D eigenvalue weighted by atomic mass is 10.1. The summed E-state index contributed by atoms with van der Waals surface area (Å²) in [6.07, 6.45) is 4.87. The van der Waals surface area contributed by atoms with E-state index in [0.717, 1.165) is 11.1 Å². The van der Waals surface area contributed by atoms with Crippen molar-refractivity contribution in [3.63, 3.8) is 0 Å². The number of aromatic nitrogens is 2. The molecule has 1 amide bonds. The zero-order valence-corrected chi connectivity index (χ0v) is 11.9. The van der Waals surface area contributed by atoms with E-state index in [1.165, 1.54) is 6.08 Å². The molecule has 1 heterocycles. The summed E-state index contributed by atoms with van der Waals surface area (Å²) in [5.41, 5.74) is 1.77. The average molecular weight is 280 g/mol. The normalized spacial score (nSPS) is 12.5. The fourth-order valence-corrected chi connectivity index (χ4v) is 1.93. The highest BCUT2D eigenvalue weighted by Crippen LogP contribution is 2.13. The summed E-state index contributed by atoms with van der Waals surface area (Å²) in [5, 5.41) is 16.0. The smallest absolute Gasteiger partial charge is 0.262 e. The van der Waals surface area contributed by atoms with Gasteiger partial charge in [-0.1, -0.05) is 30.3 Å². The minimum atomic E-state index is -0.391. The summed E-state index contributed by atoms with van der Waals surface area (Å²) in [5.74, 6) is -0.391. The molecule has 2 rings (SSSR count). The van der Waals surface area contributed by atoms with Crippen LogP contribution in [-0.2, 0) is 11.8 Å². The Labute approximate surface area is 123 Å². The molecule has 0 saturated heterocycles. The van der Waals surface area contributed by atoms with E-state index in [1.54, 1.807) is 24.1 Å². The SMILES string of the molecule is CC(NC(=O)C(C#N)=Cc1cnn(C)c1)c1ccccc1. The fourth-order valence-electron chi connectivity index (χ4n) is 1.93. The number of benzene rings is 1. The maximum atomic E-state index is 12.1. The van der Waals surface area contributed by atoms with Crippen LogP contribution in [0.1, 0.15) is 24.1 Å². The third kappa shape index (κ3) is 3.80. The summed E-state index contributed by atoms with van der Waals surface area (Å²) in [7, 11) is 1.78. The molecular formula is C16H16N4O. The molecule has 106 valence electrons. The zero-order valence-electron chi connectivity index (χ0n) is 11.9. The quantitative estimate of drug-likeness (QED) is 0.689. The van der Waals surface area contributed by atoms with Gasteiger partial charge in [-0.15, -0.1) is 0 Å². The van der Waals surface area contributed by atoms with Crippen molar-refractivity contribution in [2.75, 3.05) is 0 Å². The van der Waals surface area contributed by atoms with Gasteiger partial charge in [0.05, 0.1) is 12.2 Å². The third-order valence-corrected chi connectivity index (χ3v) is 3.05. The highest BCUT2D eigenvalue weighted by molar-refractivity contribution is 6.01. The van der Waals surface area contributed by atoms with Crippen molar-refractivity contribution in [2.45, 2.75) is 13.0 Å². The maximum Gasteiger partial charge on any atom is 0.262 e. The maximum absolute atomic E-state index is 12.1. The molecule has 1 aromatic carbocycles. The van der Waals surface area contributed by atoms with Gasteiger partial charge in [0, 0.05) is 18.8 Å². The van der Waals surface area contributed by atoms with Crippen molar-refractivity contribution >= 4 is 12.0 Å². The van der Waals surface area contributed by atoms with Crippen LogP contribution in [0.5, 0.6) is 0 Å². The number of carbonyl (C=O) groups excluding carboxylic acids is 1. The Morgan fingerprint density at radius 1 is 1.43 bits per heavy atom. The number of rotatable bonds is 4. The van der Waals surface area contributed by atoms with E-state index >= 15 is 0 Å². The van der Waals surface area contributed by atoms with Crippen LogP contribution in [-0.4, -0.2) is 15.7 Å². The van der Waals surface area contributed by atoms with Gasteiger partial charge >= 0.3 is 0 Å². The molecule has 0 aliphatic carbocycles. The van der Waals surface area contributed by atoms with Crippen molar-refractivity contribution in [1.82, 2.24) is 15.1 Å². The Morgan fingerprint density at radius 2 is 2.14 bits per heavy atom. The van der Waals surface area contributed by atoms with Gasteiger partial charge in [0.2, 0.25) is 0 Å². The molecule has 2 aromatic rings. The predicted molar refractivity (Wildman–Crippen MR) is 79.8 cm³/mol. The van der Waals surface area contributed by atoms with Crippen LogP contribution in [0, 0.1) is 11.3 Å². The number of nitrogens with one attached hydrogen (secondary N) is 1. The van der Waals surface area contributed by atoms with Crippen molar-refractivity contribution in [3.8, 4) is 6.07 Å². The van der Waals surface area contributed by atoms with Crippen LogP contribution >= 0.6 is 0 Å². The van der Waals surface area contributed by atoms with E-state index in [0.29, 0.717) is 0 Å². The number of hydrogen-bond acceptors (Lipinski definition) is 3. The first-order valence-corrected chi connectivity index (χ1v) is 6.56. The first-order chi connectivity index (χ1) is 10.1. The molecule has 5 nitrogen and oxygen atoms in total. The summed E-state index contributed by atoms with van der Waals surface area (Å²) < 4.78 is 1.62. The molecular weight excluding hydrogens is 264 g/mol. The number of aryl methyl sites for hydroxylation is 1. The van der Waals surface area contributed by atoms with Gasteiger partial charge in [-0.05, 0) is 18.6 Å². The molecule has 0 saturated carbocycles. The zero-order chi connectivity index (χ0) is 15.2. The lowest BCUT2D eigenvalue weighted by molar-refractivity contribution is -0.117. The van der Waals surface area contributed by atoms with Crippen LogP contribution in [0.3, 0.4) is 0 Å². The topological polar surface area (TPSA) is 70.7 Å². The third-order valence-electron chi connectivity index (χ3n) is 3.05.